The van der Waals surface area contributed by atoms with E-state index in [0.29, 0.717) is 12.1 Å². The van der Waals surface area contributed by atoms with Crippen LogP contribution in [0.1, 0.15) is 56.4 Å². The summed E-state index contributed by atoms with van der Waals surface area (Å²) >= 11 is 0. The van der Waals surface area contributed by atoms with Gasteiger partial charge in [0.15, 0.2) is 0 Å². The summed E-state index contributed by atoms with van der Waals surface area (Å²) in [4.78, 5) is 29.1. The van der Waals surface area contributed by atoms with Crippen LogP contribution in [-0.4, -0.2) is 43.3 Å². The van der Waals surface area contributed by atoms with Crippen molar-refractivity contribution in [1.82, 2.24) is 10.2 Å². The molecule has 1 N–H and O–H groups in total. The van der Waals surface area contributed by atoms with Crippen molar-refractivity contribution in [2.75, 3.05) is 10.8 Å². The zero-order valence-electron chi connectivity index (χ0n) is 24.6. The average molecular weight is 564 g/mol. The molecule has 0 saturated heterocycles. The summed E-state index contributed by atoms with van der Waals surface area (Å²) in [7, 11) is -4.09. The third-order valence-electron chi connectivity index (χ3n) is 6.53. The fraction of sp³-hybridized carbons (Fsp3) is 0.375. The van der Waals surface area contributed by atoms with Crippen LogP contribution in [-0.2, 0) is 26.2 Å². The third-order valence-corrected chi connectivity index (χ3v) is 8.32. The molecule has 0 saturated carbocycles. The highest BCUT2D eigenvalue weighted by Gasteiger charge is 2.34. The minimum absolute atomic E-state index is 0.0919. The first-order valence-corrected chi connectivity index (χ1v) is 15.0. The molecule has 0 aliphatic heterocycles. The van der Waals surface area contributed by atoms with Gasteiger partial charge in [-0.2, -0.15) is 0 Å². The molecule has 40 heavy (non-hydrogen) atoms. The molecule has 0 aromatic heterocycles. The van der Waals surface area contributed by atoms with Crippen LogP contribution < -0.4 is 9.62 Å². The van der Waals surface area contributed by atoms with Crippen LogP contribution in [0.4, 0.5) is 5.69 Å². The lowest BCUT2D eigenvalue weighted by atomic mass is 10.0. The van der Waals surface area contributed by atoms with Crippen LogP contribution in [0.15, 0.2) is 77.7 Å². The summed E-state index contributed by atoms with van der Waals surface area (Å²) < 4.78 is 29.0. The van der Waals surface area contributed by atoms with E-state index in [1.807, 2.05) is 84.9 Å². The first-order valence-electron chi connectivity index (χ1n) is 13.5. The van der Waals surface area contributed by atoms with Crippen molar-refractivity contribution in [3.05, 3.63) is 95.1 Å². The summed E-state index contributed by atoms with van der Waals surface area (Å²) in [6, 6.07) is 20.5. The highest BCUT2D eigenvalue weighted by atomic mass is 32.2. The van der Waals surface area contributed by atoms with Gasteiger partial charge in [-0.1, -0.05) is 72.1 Å². The van der Waals surface area contributed by atoms with Gasteiger partial charge in [-0.25, -0.2) is 8.42 Å². The first kappa shape index (κ1) is 30.9. The van der Waals surface area contributed by atoms with E-state index >= 15 is 0 Å². The Hall–Kier alpha value is -3.65. The molecule has 8 heteroatoms. The number of hydrogen-bond acceptors (Lipinski definition) is 4. The van der Waals surface area contributed by atoms with Crippen molar-refractivity contribution in [2.45, 2.75) is 77.9 Å². The van der Waals surface area contributed by atoms with Gasteiger partial charge in [-0.15, -0.1) is 0 Å². The Morgan fingerprint density at radius 3 is 1.95 bits per heavy atom. The van der Waals surface area contributed by atoms with Gasteiger partial charge in [0.25, 0.3) is 10.0 Å². The monoisotopic (exact) mass is 563 g/mol. The van der Waals surface area contributed by atoms with Crippen molar-refractivity contribution in [2.24, 2.45) is 0 Å². The Kier molecular flexibility index (Phi) is 9.79. The van der Waals surface area contributed by atoms with Crippen molar-refractivity contribution < 1.29 is 18.0 Å². The molecule has 0 bridgehead atoms. The molecule has 3 aromatic rings. The second-order valence-electron chi connectivity index (χ2n) is 11.3. The molecule has 1 unspecified atom stereocenters. The molecule has 214 valence electrons. The minimum Gasteiger partial charge on any atom is -0.350 e. The predicted octanol–water partition coefficient (Wildman–Crippen LogP) is 5.53. The number of carbonyl (C=O) groups excluding carboxylic acids is 2. The van der Waals surface area contributed by atoms with E-state index in [1.165, 1.54) is 4.90 Å². The number of nitrogens with one attached hydrogen (secondary N) is 1. The summed E-state index contributed by atoms with van der Waals surface area (Å²) in [6.45, 7) is 13.0. The third kappa shape index (κ3) is 7.94. The molecular weight excluding hydrogens is 522 g/mol. The van der Waals surface area contributed by atoms with E-state index in [2.05, 4.69) is 5.32 Å². The second kappa shape index (κ2) is 12.7. The van der Waals surface area contributed by atoms with Crippen LogP contribution in [0.5, 0.6) is 0 Å². The van der Waals surface area contributed by atoms with Crippen LogP contribution in [0.25, 0.3) is 0 Å². The molecule has 2 amide bonds. The number of sulfonamides is 1. The minimum atomic E-state index is -4.09. The molecular formula is C32H41N3O4S. The Balaban J connectivity index is 2.07. The van der Waals surface area contributed by atoms with Crippen LogP contribution in [0.2, 0.25) is 0 Å². The van der Waals surface area contributed by atoms with E-state index in [0.717, 1.165) is 26.6 Å². The summed E-state index contributed by atoms with van der Waals surface area (Å²) in [5, 5.41) is 2.99. The SMILES string of the molecule is CCC(C(=O)NC(C)(C)C)N(Cc1cccc(C)c1)C(=O)CN(c1ccc(C)cc1)S(=O)(=O)c1ccc(C)cc1. The number of rotatable bonds is 10. The quantitative estimate of drug-likeness (QED) is 0.352. The molecule has 3 aromatic carbocycles. The average Bonchev–Trinajstić information content (AvgIpc) is 2.87. The zero-order chi connectivity index (χ0) is 29.7. The maximum absolute atomic E-state index is 14.1. The molecule has 3 rings (SSSR count). The zero-order valence-corrected chi connectivity index (χ0v) is 25.4. The van der Waals surface area contributed by atoms with Crippen molar-refractivity contribution in [3.63, 3.8) is 0 Å². The van der Waals surface area contributed by atoms with Gasteiger partial charge >= 0.3 is 0 Å². The van der Waals surface area contributed by atoms with Gasteiger partial charge in [0.2, 0.25) is 11.8 Å². The number of benzene rings is 3. The van der Waals surface area contributed by atoms with E-state index in [1.54, 1.807) is 36.4 Å². The van der Waals surface area contributed by atoms with Gasteiger partial charge in [0.1, 0.15) is 12.6 Å². The van der Waals surface area contributed by atoms with E-state index in [9.17, 15) is 18.0 Å². The summed E-state index contributed by atoms with van der Waals surface area (Å²) in [6.07, 6.45) is 0.370. The lowest BCUT2D eigenvalue weighted by Crippen LogP contribution is -2.55. The highest BCUT2D eigenvalue weighted by molar-refractivity contribution is 7.92. The van der Waals surface area contributed by atoms with Crippen molar-refractivity contribution >= 4 is 27.5 Å². The van der Waals surface area contributed by atoms with Crippen LogP contribution in [0, 0.1) is 20.8 Å². The Bertz CT molecular complexity index is 1430. The van der Waals surface area contributed by atoms with E-state index < -0.39 is 34.1 Å². The van der Waals surface area contributed by atoms with Gasteiger partial charge < -0.3 is 10.2 Å². The van der Waals surface area contributed by atoms with Crippen molar-refractivity contribution in [1.29, 1.82) is 0 Å². The molecule has 0 radical (unpaired) electrons. The smallest absolute Gasteiger partial charge is 0.264 e. The van der Waals surface area contributed by atoms with Crippen molar-refractivity contribution in [3.8, 4) is 0 Å². The van der Waals surface area contributed by atoms with Gasteiger partial charge in [-0.05, 0) is 77.8 Å². The maximum atomic E-state index is 14.1. The fourth-order valence-electron chi connectivity index (χ4n) is 4.46. The number of anilines is 1. The number of amides is 2. The Morgan fingerprint density at radius 2 is 1.43 bits per heavy atom. The predicted molar refractivity (Wildman–Crippen MR) is 161 cm³/mol. The summed E-state index contributed by atoms with van der Waals surface area (Å²) in [5.74, 6) is -0.743. The van der Waals surface area contributed by atoms with E-state index in [4.69, 9.17) is 0 Å². The topological polar surface area (TPSA) is 86.8 Å². The maximum Gasteiger partial charge on any atom is 0.264 e. The van der Waals surface area contributed by atoms with Gasteiger partial charge in [0.05, 0.1) is 10.6 Å². The highest BCUT2D eigenvalue weighted by Crippen LogP contribution is 2.26. The first-order chi connectivity index (χ1) is 18.7. The molecule has 0 fully saturated rings. The Labute approximate surface area is 239 Å². The summed E-state index contributed by atoms with van der Waals surface area (Å²) in [5.41, 5.74) is 3.66. The van der Waals surface area contributed by atoms with Crippen LogP contribution >= 0.6 is 0 Å². The lowest BCUT2D eigenvalue weighted by molar-refractivity contribution is -0.141. The number of aryl methyl sites for hydroxylation is 3. The molecule has 0 spiro atoms. The molecule has 0 aliphatic carbocycles. The number of hydrogen-bond donors (Lipinski definition) is 1. The number of nitrogens with zero attached hydrogens (tertiary/aromatic N) is 2. The van der Waals surface area contributed by atoms with Crippen LogP contribution in [0.3, 0.4) is 0 Å². The standard InChI is InChI=1S/C32H41N3O4S/c1-8-29(31(37)33-32(5,6)7)34(21-26-11-9-10-25(4)20-26)30(36)22-35(27-16-12-23(2)13-17-27)40(38,39)28-18-14-24(3)15-19-28/h9-20,29H,8,21-22H2,1-7H3,(H,33,37). The second-order valence-corrected chi connectivity index (χ2v) is 13.2. The van der Waals surface area contributed by atoms with Gasteiger partial charge in [0, 0.05) is 12.1 Å². The molecule has 1 atom stereocenters. The number of carbonyl (C=O) groups is 2. The lowest BCUT2D eigenvalue weighted by Gasteiger charge is -2.35. The van der Waals surface area contributed by atoms with Gasteiger partial charge in [-0.3, -0.25) is 13.9 Å². The molecule has 0 heterocycles. The molecule has 7 nitrogen and oxygen atoms in total. The fourth-order valence-corrected chi connectivity index (χ4v) is 5.87. The largest absolute Gasteiger partial charge is 0.350 e. The molecule has 0 aliphatic rings. The van der Waals surface area contributed by atoms with E-state index in [-0.39, 0.29) is 17.3 Å². The normalized spacial score (nSPS) is 12.5. The Morgan fingerprint density at radius 1 is 0.850 bits per heavy atom.